The summed E-state index contributed by atoms with van der Waals surface area (Å²) < 4.78 is 4.94. The van der Waals surface area contributed by atoms with Crippen LogP contribution in [0.1, 0.15) is 0 Å². The molecule has 0 aliphatic carbocycles. The van der Waals surface area contributed by atoms with Crippen LogP contribution in [0.5, 0.6) is 5.75 Å². The highest BCUT2D eigenvalue weighted by molar-refractivity contribution is 6.36. The highest BCUT2D eigenvalue weighted by atomic mass is 35.5. The number of urea groups is 1. The van der Waals surface area contributed by atoms with Crippen molar-refractivity contribution < 1.29 is 9.53 Å². The molecule has 1 aromatic carbocycles. The fraction of sp³-hybridized carbons (Fsp3) is 0.125. The van der Waals surface area contributed by atoms with Crippen LogP contribution in [0.3, 0.4) is 0 Å². The first-order valence-corrected chi connectivity index (χ1v) is 4.64. The highest BCUT2D eigenvalue weighted by Crippen LogP contribution is 2.33. The first kappa shape index (κ1) is 11.9. The highest BCUT2D eigenvalue weighted by Gasteiger charge is 2.09. The molecule has 15 heavy (non-hydrogen) atoms. The van der Waals surface area contributed by atoms with E-state index in [1.807, 2.05) is 5.43 Å². The number of rotatable bonds is 2. The van der Waals surface area contributed by atoms with Gasteiger partial charge in [0.15, 0.2) is 0 Å². The van der Waals surface area contributed by atoms with Gasteiger partial charge in [0.05, 0.1) is 22.8 Å². The summed E-state index contributed by atoms with van der Waals surface area (Å²) >= 11 is 11.7. The van der Waals surface area contributed by atoms with E-state index in [2.05, 4.69) is 5.32 Å². The van der Waals surface area contributed by atoms with E-state index >= 15 is 0 Å². The fourth-order valence-electron chi connectivity index (χ4n) is 0.939. The Balaban J connectivity index is 3.00. The topological polar surface area (TPSA) is 76.4 Å². The number of nitrogens with one attached hydrogen (secondary N) is 2. The molecule has 0 atom stereocenters. The van der Waals surface area contributed by atoms with Gasteiger partial charge in [-0.15, -0.1) is 0 Å². The van der Waals surface area contributed by atoms with Crippen molar-refractivity contribution in [1.82, 2.24) is 5.43 Å². The van der Waals surface area contributed by atoms with Crippen LogP contribution in [0.15, 0.2) is 12.1 Å². The van der Waals surface area contributed by atoms with Gasteiger partial charge in [0.25, 0.3) is 0 Å². The maximum atomic E-state index is 10.9. The summed E-state index contributed by atoms with van der Waals surface area (Å²) in [5, 5.41) is 3.05. The number of carbonyl (C=O) groups excluding carboxylic acids is 1. The van der Waals surface area contributed by atoms with Gasteiger partial charge in [0.2, 0.25) is 0 Å². The average molecular weight is 250 g/mol. The van der Waals surface area contributed by atoms with Crippen LogP contribution in [-0.2, 0) is 0 Å². The Bertz CT molecular complexity index is 384. The van der Waals surface area contributed by atoms with Crippen molar-refractivity contribution >= 4 is 34.9 Å². The van der Waals surface area contributed by atoms with E-state index in [9.17, 15) is 4.79 Å². The second-order valence-corrected chi connectivity index (χ2v) is 3.38. The summed E-state index contributed by atoms with van der Waals surface area (Å²) in [5.41, 5.74) is 2.26. The van der Waals surface area contributed by atoms with Crippen molar-refractivity contribution in [1.29, 1.82) is 0 Å². The van der Waals surface area contributed by atoms with E-state index in [1.54, 1.807) is 0 Å². The zero-order chi connectivity index (χ0) is 11.4. The zero-order valence-corrected chi connectivity index (χ0v) is 9.32. The van der Waals surface area contributed by atoms with Crippen LogP contribution in [0.25, 0.3) is 0 Å². The summed E-state index contributed by atoms with van der Waals surface area (Å²) in [6.45, 7) is 0. The predicted molar refractivity (Wildman–Crippen MR) is 59.4 cm³/mol. The lowest BCUT2D eigenvalue weighted by atomic mass is 10.3. The molecule has 0 saturated heterocycles. The molecule has 5 nitrogen and oxygen atoms in total. The van der Waals surface area contributed by atoms with Gasteiger partial charge in [-0.1, -0.05) is 23.2 Å². The van der Waals surface area contributed by atoms with Crippen LogP contribution in [0.2, 0.25) is 10.0 Å². The summed E-state index contributed by atoms with van der Waals surface area (Å²) in [5.74, 6) is 5.33. The number of hydrogen-bond acceptors (Lipinski definition) is 3. The van der Waals surface area contributed by atoms with Gasteiger partial charge < -0.3 is 10.1 Å². The van der Waals surface area contributed by atoms with E-state index < -0.39 is 6.03 Å². The van der Waals surface area contributed by atoms with Gasteiger partial charge in [-0.25, -0.2) is 10.6 Å². The van der Waals surface area contributed by atoms with Gasteiger partial charge in [0.1, 0.15) is 5.75 Å². The standard InChI is InChI=1S/C8H9Cl2N3O2/c1-15-7-3-4(9)6(2-5(7)10)12-8(14)13-11/h2-3H,11H2,1H3,(H2,12,13,14). The minimum absolute atomic E-state index is 0.305. The van der Waals surface area contributed by atoms with Gasteiger partial charge in [-0.05, 0) is 6.07 Å². The smallest absolute Gasteiger partial charge is 0.333 e. The van der Waals surface area contributed by atoms with Crippen molar-refractivity contribution in [2.24, 2.45) is 5.84 Å². The number of ether oxygens (including phenoxy) is 1. The SMILES string of the molecule is COc1cc(Cl)c(NC(=O)NN)cc1Cl. The molecule has 0 unspecified atom stereocenters. The number of nitrogens with two attached hydrogens (primary N) is 1. The Morgan fingerprint density at radius 3 is 2.60 bits per heavy atom. The Hall–Kier alpha value is -1.17. The lowest BCUT2D eigenvalue weighted by Crippen LogP contribution is -2.34. The summed E-state index contributed by atoms with van der Waals surface area (Å²) in [7, 11) is 1.47. The molecule has 0 fully saturated rings. The van der Waals surface area contributed by atoms with Crippen LogP contribution >= 0.6 is 23.2 Å². The molecular weight excluding hydrogens is 241 g/mol. The number of amides is 2. The molecule has 0 aliphatic heterocycles. The minimum Gasteiger partial charge on any atom is -0.495 e. The molecule has 1 rings (SSSR count). The van der Waals surface area contributed by atoms with Crippen molar-refractivity contribution in [3.63, 3.8) is 0 Å². The van der Waals surface area contributed by atoms with Crippen molar-refractivity contribution in [2.45, 2.75) is 0 Å². The van der Waals surface area contributed by atoms with Crippen LogP contribution in [0, 0.1) is 0 Å². The number of halogens is 2. The average Bonchev–Trinajstić information content (AvgIpc) is 2.22. The van der Waals surface area contributed by atoms with E-state index in [0.717, 1.165) is 0 Å². The van der Waals surface area contributed by atoms with E-state index in [1.165, 1.54) is 19.2 Å². The molecule has 4 N–H and O–H groups in total. The molecular formula is C8H9Cl2N3O2. The zero-order valence-electron chi connectivity index (χ0n) is 7.80. The molecule has 0 bridgehead atoms. The molecule has 0 aliphatic rings. The third kappa shape index (κ3) is 2.89. The van der Waals surface area contributed by atoms with E-state index in [4.69, 9.17) is 33.8 Å². The normalized spacial score (nSPS) is 9.60. The van der Waals surface area contributed by atoms with E-state index in [-0.39, 0.29) is 0 Å². The molecule has 0 saturated carbocycles. The minimum atomic E-state index is -0.585. The van der Waals surface area contributed by atoms with Crippen molar-refractivity contribution in [3.8, 4) is 5.75 Å². The van der Waals surface area contributed by atoms with Crippen LogP contribution in [0.4, 0.5) is 10.5 Å². The summed E-state index contributed by atoms with van der Waals surface area (Å²) in [6, 6.07) is 2.38. The second-order valence-electron chi connectivity index (χ2n) is 2.57. The molecule has 0 spiro atoms. The molecule has 0 aromatic heterocycles. The Morgan fingerprint density at radius 1 is 1.40 bits per heavy atom. The first-order chi connectivity index (χ1) is 7.08. The van der Waals surface area contributed by atoms with Crippen molar-refractivity contribution in [2.75, 3.05) is 12.4 Å². The number of benzene rings is 1. The number of anilines is 1. The fourth-order valence-corrected chi connectivity index (χ4v) is 1.38. The third-order valence-electron chi connectivity index (χ3n) is 1.62. The summed E-state index contributed by atoms with van der Waals surface area (Å²) in [6.07, 6.45) is 0. The second kappa shape index (κ2) is 5.06. The largest absolute Gasteiger partial charge is 0.495 e. The monoisotopic (exact) mass is 249 g/mol. The van der Waals surface area contributed by atoms with Gasteiger partial charge in [-0.3, -0.25) is 5.43 Å². The van der Waals surface area contributed by atoms with Gasteiger partial charge >= 0.3 is 6.03 Å². The first-order valence-electron chi connectivity index (χ1n) is 3.89. The molecule has 0 heterocycles. The molecule has 1 aromatic rings. The maximum Gasteiger partial charge on any atom is 0.333 e. The lowest BCUT2D eigenvalue weighted by Gasteiger charge is -2.09. The van der Waals surface area contributed by atoms with Gasteiger partial charge in [0, 0.05) is 6.07 Å². The quantitative estimate of drug-likeness (QED) is 0.426. The van der Waals surface area contributed by atoms with Gasteiger partial charge in [-0.2, -0.15) is 0 Å². The number of hydrazine groups is 1. The van der Waals surface area contributed by atoms with Crippen molar-refractivity contribution in [3.05, 3.63) is 22.2 Å². The molecule has 82 valence electrons. The lowest BCUT2D eigenvalue weighted by molar-refractivity contribution is 0.252. The maximum absolute atomic E-state index is 10.9. The Labute approximate surface area is 96.5 Å². The number of methoxy groups -OCH3 is 1. The molecule has 2 amide bonds. The van der Waals surface area contributed by atoms with E-state index in [0.29, 0.717) is 21.5 Å². The Kier molecular flexibility index (Phi) is 4.02. The molecule has 7 heteroatoms. The van der Waals surface area contributed by atoms with Crippen LogP contribution in [-0.4, -0.2) is 13.1 Å². The molecule has 0 radical (unpaired) electrons. The third-order valence-corrected chi connectivity index (χ3v) is 2.23. The summed E-state index contributed by atoms with van der Waals surface area (Å²) in [4.78, 5) is 10.9. The predicted octanol–water partition coefficient (Wildman–Crippen LogP) is 2.00. The Morgan fingerprint density at radius 2 is 2.07 bits per heavy atom. The number of hydrogen-bond donors (Lipinski definition) is 3. The number of carbonyl (C=O) groups is 1. The van der Waals surface area contributed by atoms with Crippen LogP contribution < -0.4 is 21.3 Å².